The monoisotopic (exact) mass is 416 g/mol. The van der Waals surface area contributed by atoms with Crippen molar-refractivity contribution < 1.29 is 29.3 Å². The highest BCUT2D eigenvalue weighted by atomic mass is 16.6. The van der Waals surface area contributed by atoms with E-state index in [1.54, 1.807) is 0 Å². The Labute approximate surface area is 175 Å². The summed E-state index contributed by atoms with van der Waals surface area (Å²) in [7, 11) is 0. The van der Waals surface area contributed by atoms with Crippen molar-refractivity contribution in [1.82, 2.24) is 0 Å². The molecule has 162 valence electrons. The van der Waals surface area contributed by atoms with E-state index in [0.717, 1.165) is 11.1 Å². The Balaban J connectivity index is 1.73. The molecule has 4 unspecified atom stereocenters. The summed E-state index contributed by atoms with van der Waals surface area (Å²) in [4.78, 5) is 23.9. The van der Waals surface area contributed by atoms with Crippen molar-refractivity contribution in [3.05, 3.63) is 71.8 Å². The zero-order valence-electron chi connectivity index (χ0n) is 16.6. The van der Waals surface area contributed by atoms with Crippen molar-refractivity contribution in [3.8, 4) is 0 Å². The average Bonchev–Trinajstić information content (AvgIpc) is 2.76. The minimum absolute atomic E-state index is 0.313. The van der Waals surface area contributed by atoms with Crippen LogP contribution < -0.4 is 11.5 Å². The first-order valence-electron chi connectivity index (χ1n) is 9.73. The first-order valence-corrected chi connectivity index (χ1v) is 9.73. The van der Waals surface area contributed by atoms with Crippen LogP contribution >= 0.6 is 0 Å². The third kappa shape index (κ3) is 7.92. The lowest BCUT2D eigenvalue weighted by Crippen LogP contribution is -2.45. The number of benzene rings is 2. The van der Waals surface area contributed by atoms with Gasteiger partial charge in [0.1, 0.15) is 0 Å². The number of carbonyl (C=O) groups excluding carboxylic acids is 2. The molecule has 0 aromatic heterocycles. The van der Waals surface area contributed by atoms with Crippen LogP contribution in [0, 0.1) is 0 Å². The SMILES string of the molecule is NC(CCc1ccccc1)OC(=O)C(O)C(O)C(=O)OC(N)CCc1ccccc1. The molecule has 6 N–H and O–H groups in total. The van der Waals surface area contributed by atoms with Gasteiger partial charge in [-0.2, -0.15) is 0 Å². The fourth-order valence-corrected chi connectivity index (χ4v) is 2.72. The predicted octanol–water partition coefficient (Wildman–Crippen LogP) is 0.630. The van der Waals surface area contributed by atoms with Crippen LogP contribution in [0.1, 0.15) is 24.0 Å². The maximum absolute atomic E-state index is 12.0. The number of hydrogen-bond acceptors (Lipinski definition) is 8. The molecule has 0 radical (unpaired) electrons. The van der Waals surface area contributed by atoms with Gasteiger partial charge >= 0.3 is 11.9 Å². The zero-order valence-corrected chi connectivity index (χ0v) is 16.6. The fourth-order valence-electron chi connectivity index (χ4n) is 2.72. The van der Waals surface area contributed by atoms with Crippen molar-refractivity contribution in [3.63, 3.8) is 0 Å². The smallest absolute Gasteiger partial charge is 0.339 e. The van der Waals surface area contributed by atoms with E-state index in [9.17, 15) is 19.8 Å². The van der Waals surface area contributed by atoms with Gasteiger partial charge in [-0.1, -0.05) is 60.7 Å². The molecule has 0 fully saturated rings. The molecule has 0 aliphatic carbocycles. The molecule has 0 spiro atoms. The first kappa shape index (κ1) is 23.5. The molecular formula is C22H28N2O6. The summed E-state index contributed by atoms with van der Waals surface area (Å²) in [5.41, 5.74) is 13.5. The van der Waals surface area contributed by atoms with Crippen molar-refractivity contribution in [2.24, 2.45) is 11.5 Å². The summed E-state index contributed by atoms with van der Waals surface area (Å²) in [5, 5.41) is 19.8. The summed E-state index contributed by atoms with van der Waals surface area (Å²) in [6, 6.07) is 18.9. The fraction of sp³-hybridized carbons (Fsp3) is 0.364. The predicted molar refractivity (Wildman–Crippen MR) is 110 cm³/mol. The standard InChI is InChI=1S/C22H28N2O6/c23-17(13-11-15-7-3-1-4-8-15)29-21(27)19(25)20(26)22(28)30-18(24)14-12-16-9-5-2-6-10-16/h1-10,17-20,25-26H,11-14,23-24H2. The molecule has 0 aliphatic heterocycles. The van der Waals surface area contributed by atoms with Crippen LogP contribution in [-0.2, 0) is 31.9 Å². The number of esters is 2. The van der Waals surface area contributed by atoms with Crippen LogP contribution in [0.25, 0.3) is 0 Å². The Bertz CT molecular complexity index is 719. The molecule has 2 rings (SSSR count). The number of aliphatic hydroxyl groups is 2. The largest absolute Gasteiger partial charge is 0.445 e. The van der Waals surface area contributed by atoms with Gasteiger partial charge in [-0.05, 0) is 24.0 Å². The normalized spacial score (nSPS) is 14.9. The second-order valence-electron chi connectivity index (χ2n) is 6.89. The number of rotatable bonds is 11. The van der Waals surface area contributed by atoms with E-state index in [-0.39, 0.29) is 0 Å². The van der Waals surface area contributed by atoms with Gasteiger partial charge in [0.15, 0.2) is 24.7 Å². The molecule has 2 aromatic carbocycles. The van der Waals surface area contributed by atoms with E-state index < -0.39 is 36.6 Å². The van der Waals surface area contributed by atoms with Crippen LogP contribution in [0.2, 0.25) is 0 Å². The maximum atomic E-state index is 12.0. The minimum atomic E-state index is -2.12. The van der Waals surface area contributed by atoms with E-state index in [2.05, 4.69) is 0 Å². The highest BCUT2D eigenvalue weighted by Crippen LogP contribution is 2.09. The number of ether oxygens (including phenoxy) is 2. The molecule has 8 heteroatoms. The maximum Gasteiger partial charge on any atom is 0.339 e. The lowest BCUT2D eigenvalue weighted by molar-refractivity contribution is -0.179. The van der Waals surface area contributed by atoms with Crippen molar-refractivity contribution in [2.75, 3.05) is 0 Å². The third-order valence-electron chi connectivity index (χ3n) is 4.44. The minimum Gasteiger partial charge on any atom is -0.445 e. The molecule has 0 heterocycles. The Morgan fingerprint density at radius 1 is 0.700 bits per heavy atom. The number of hydrogen-bond donors (Lipinski definition) is 4. The Hall–Kier alpha value is -2.78. The highest BCUT2D eigenvalue weighted by Gasteiger charge is 2.34. The van der Waals surface area contributed by atoms with Gasteiger partial charge in [-0.25, -0.2) is 9.59 Å². The Kier molecular flexibility index (Phi) is 9.43. The molecular weight excluding hydrogens is 388 g/mol. The number of nitrogens with two attached hydrogens (primary N) is 2. The highest BCUT2D eigenvalue weighted by molar-refractivity contribution is 5.85. The van der Waals surface area contributed by atoms with Gasteiger partial charge < -0.3 is 19.7 Å². The zero-order chi connectivity index (χ0) is 21.9. The molecule has 2 aromatic rings. The summed E-state index contributed by atoms with van der Waals surface area (Å²) in [6.07, 6.45) is -4.49. The summed E-state index contributed by atoms with van der Waals surface area (Å²) >= 11 is 0. The molecule has 4 atom stereocenters. The van der Waals surface area contributed by atoms with Crippen LogP contribution in [-0.4, -0.2) is 46.8 Å². The molecule has 8 nitrogen and oxygen atoms in total. The van der Waals surface area contributed by atoms with Crippen LogP contribution in [0.3, 0.4) is 0 Å². The van der Waals surface area contributed by atoms with E-state index in [1.165, 1.54) is 0 Å². The van der Waals surface area contributed by atoms with Crippen molar-refractivity contribution in [2.45, 2.75) is 50.3 Å². The average molecular weight is 416 g/mol. The summed E-state index contributed by atoms with van der Waals surface area (Å²) < 4.78 is 9.81. The van der Waals surface area contributed by atoms with Gasteiger partial charge in [0, 0.05) is 12.8 Å². The Morgan fingerprint density at radius 2 is 1.03 bits per heavy atom. The van der Waals surface area contributed by atoms with Crippen molar-refractivity contribution >= 4 is 11.9 Å². The van der Waals surface area contributed by atoms with E-state index in [4.69, 9.17) is 20.9 Å². The van der Waals surface area contributed by atoms with Gasteiger partial charge in [-0.3, -0.25) is 11.5 Å². The molecule has 0 saturated heterocycles. The van der Waals surface area contributed by atoms with Crippen molar-refractivity contribution in [1.29, 1.82) is 0 Å². The second-order valence-corrected chi connectivity index (χ2v) is 6.89. The van der Waals surface area contributed by atoms with Gasteiger partial charge in [0.2, 0.25) is 0 Å². The molecule has 0 amide bonds. The third-order valence-corrected chi connectivity index (χ3v) is 4.44. The van der Waals surface area contributed by atoms with Crippen LogP contribution in [0.4, 0.5) is 0 Å². The van der Waals surface area contributed by atoms with Crippen LogP contribution in [0.15, 0.2) is 60.7 Å². The number of aliphatic hydroxyl groups excluding tert-OH is 2. The molecule has 30 heavy (non-hydrogen) atoms. The Morgan fingerprint density at radius 3 is 1.37 bits per heavy atom. The topological polar surface area (TPSA) is 145 Å². The molecule has 0 aliphatic rings. The number of carbonyl (C=O) groups is 2. The van der Waals surface area contributed by atoms with E-state index in [0.29, 0.717) is 25.7 Å². The van der Waals surface area contributed by atoms with Crippen LogP contribution in [0.5, 0.6) is 0 Å². The molecule has 0 bridgehead atoms. The van der Waals surface area contributed by atoms with E-state index in [1.807, 2.05) is 60.7 Å². The lowest BCUT2D eigenvalue weighted by Gasteiger charge is -2.20. The second kappa shape index (κ2) is 12.0. The van der Waals surface area contributed by atoms with Gasteiger partial charge in [-0.15, -0.1) is 0 Å². The quantitative estimate of drug-likeness (QED) is 0.308. The van der Waals surface area contributed by atoms with E-state index >= 15 is 0 Å². The summed E-state index contributed by atoms with van der Waals surface area (Å²) in [6.45, 7) is 0. The molecule has 0 saturated carbocycles. The van der Waals surface area contributed by atoms with Gasteiger partial charge in [0.05, 0.1) is 0 Å². The summed E-state index contributed by atoms with van der Waals surface area (Å²) in [5.74, 6) is -2.42. The first-order chi connectivity index (χ1) is 14.4. The lowest BCUT2D eigenvalue weighted by atomic mass is 10.1. The number of aryl methyl sites for hydroxylation is 2. The van der Waals surface area contributed by atoms with Gasteiger partial charge in [0.25, 0.3) is 0 Å².